The van der Waals surface area contributed by atoms with Gasteiger partial charge >= 0.3 is 6.18 Å². The van der Waals surface area contributed by atoms with Crippen LogP contribution in [0.4, 0.5) is 13.2 Å². The van der Waals surface area contributed by atoms with Gasteiger partial charge in [0.05, 0.1) is 11.6 Å². The topological polar surface area (TPSA) is 45.7 Å². The molecule has 2 aromatic carbocycles. The van der Waals surface area contributed by atoms with Crippen LogP contribution >= 0.6 is 24.0 Å². The molecule has 1 aliphatic heterocycles. The van der Waals surface area contributed by atoms with Crippen LogP contribution in [0.25, 0.3) is 0 Å². The highest BCUT2D eigenvalue weighted by Crippen LogP contribution is 2.37. The number of halogens is 4. The third-order valence-electron chi connectivity index (χ3n) is 5.72. The number of hydrogen-bond acceptors (Lipinski definition) is 2. The predicted molar refractivity (Wildman–Crippen MR) is 128 cm³/mol. The van der Waals surface area contributed by atoms with E-state index in [-0.39, 0.29) is 30.0 Å². The van der Waals surface area contributed by atoms with E-state index in [9.17, 15) is 13.2 Å². The van der Waals surface area contributed by atoms with Gasteiger partial charge in [-0.25, -0.2) is 0 Å². The zero-order valence-corrected chi connectivity index (χ0v) is 20.0. The number of benzene rings is 2. The van der Waals surface area contributed by atoms with Crippen molar-refractivity contribution < 1.29 is 17.9 Å². The van der Waals surface area contributed by atoms with Crippen LogP contribution < -0.4 is 10.6 Å². The number of rotatable bonds is 5. The average Bonchev–Trinajstić information content (AvgIpc) is 2.77. The normalized spacial score (nSPS) is 17.4. The number of nitrogens with one attached hydrogen (secondary N) is 2. The Balaban J connectivity index is 0.00000341. The van der Waals surface area contributed by atoms with E-state index in [0.717, 1.165) is 11.6 Å². The van der Waals surface area contributed by atoms with Crippen molar-refractivity contribution in [2.75, 3.05) is 26.8 Å². The van der Waals surface area contributed by atoms with Crippen molar-refractivity contribution in [3.63, 3.8) is 0 Å². The summed E-state index contributed by atoms with van der Waals surface area (Å²) in [5.74, 6) is 0.615. The highest BCUT2D eigenvalue weighted by Gasteiger charge is 2.37. The van der Waals surface area contributed by atoms with E-state index in [4.69, 9.17) is 4.74 Å². The second-order valence-corrected chi connectivity index (χ2v) is 7.67. The number of ether oxygens (including phenoxy) is 1. The van der Waals surface area contributed by atoms with Crippen LogP contribution in [0.1, 0.15) is 42.5 Å². The van der Waals surface area contributed by atoms with E-state index in [1.807, 2.05) is 37.3 Å². The van der Waals surface area contributed by atoms with Crippen LogP contribution in [0.3, 0.4) is 0 Å². The minimum atomic E-state index is -4.36. The summed E-state index contributed by atoms with van der Waals surface area (Å²) in [6, 6.07) is 15.7. The van der Waals surface area contributed by atoms with Crippen LogP contribution in [0.2, 0.25) is 0 Å². The lowest BCUT2D eigenvalue weighted by Gasteiger charge is -2.38. The molecule has 1 unspecified atom stereocenters. The summed E-state index contributed by atoms with van der Waals surface area (Å²) in [6.07, 6.45) is -3.07. The standard InChI is InChI=1S/C23H28F3N3O.HI/c1-17(18-7-4-3-5-8-18)29-21(27-2)28-16-22(11-13-30-14-12-22)19-9-6-10-20(15-19)23(24,25)26;/h3-10,15,17H,11-14,16H2,1-2H3,(H2,27,28,29);1H. The first-order valence-corrected chi connectivity index (χ1v) is 10.1. The van der Waals surface area contributed by atoms with Crippen molar-refractivity contribution in [1.82, 2.24) is 10.6 Å². The lowest BCUT2D eigenvalue weighted by atomic mass is 9.73. The fourth-order valence-electron chi connectivity index (χ4n) is 3.83. The summed E-state index contributed by atoms with van der Waals surface area (Å²) in [6.45, 7) is 3.55. The molecule has 0 radical (unpaired) electrons. The Labute approximate surface area is 198 Å². The Kier molecular flexibility index (Phi) is 9.17. The molecule has 4 nitrogen and oxygen atoms in total. The predicted octanol–water partition coefficient (Wildman–Crippen LogP) is 5.30. The van der Waals surface area contributed by atoms with Crippen molar-refractivity contribution in [2.45, 2.75) is 37.4 Å². The monoisotopic (exact) mass is 547 g/mol. The van der Waals surface area contributed by atoms with Crippen LogP contribution in [0.5, 0.6) is 0 Å². The molecule has 0 aliphatic carbocycles. The van der Waals surface area contributed by atoms with Gasteiger partial charge in [-0.2, -0.15) is 13.2 Å². The van der Waals surface area contributed by atoms with Gasteiger partial charge in [0.2, 0.25) is 0 Å². The molecule has 2 N–H and O–H groups in total. The number of alkyl halides is 3. The Morgan fingerprint density at radius 2 is 1.77 bits per heavy atom. The van der Waals surface area contributed by atoms with Crippen LogP contribution in [0.15, 0.2) is 59.6 Å². The maximum atomic E-state index is 13.3. The second kappa shape index (κ2) is 11.2. The van der Waals surface area contributed by atoms with Gasteiger partial charge in [-0.15, -0.1) is 24.0 Å². The van der Waals surface area contributed by atoms with Crippen molar-refractivity contribution in [1.29, 1.82) is 0 Å². The highest BCUT2D eigenvalue weighted by molar-refractivity contribution is 14.0. The molecule has 1 fully saturated rings. The maximum absolute atomic E-state index is 13.3. The number of aliphatic imine (C=N–C) groups is 1. The first kappa shape index (κ1) is 25.5. The van der Waals surface area contributed by atoms with Gasteiger partial charge in [-0.05, 0) is 37.0 Å². The van der Waals surface area contributed by atoms with E-state index < -0.39 is 17.2 Å². The van der Waals surface area contributed by atoms with Gasteiger partial charge in [-0.1, -0.05) is 48.5 Å². The van der Waals surface area contributed by atoms with E-state index in [1.165, 1.54) is 12.1 Å². The largest absolute Gasteiger partial charge is 0.416 e. The summed E-state index contributed by atoms with van der Waals surface area (Å²) in [5.41, 5.74) is 0.734. The fourth-order valence-corrected chi connectivity index (χ4v) is 3.83. The molecule has 2 aromatic rings. The van der Waals surface area contributed by atoms with E-state index in [1.54, 1.807) is 13.1 Å². The molecule has 170 valence electrons. The van der Waals surface area contributed by atoms with Gasteiger partial charge in [0.15, 0.2) is 5.96 Å². The average molecular weight is 547 g/mol. The molecule has 3 rings (SSSR count). The van der Waals surface area contributed by atoms with Crippen molar-refractivity contribution in [3.8, 4) is 0 Å². The molecule has 0 amide bonds. The van der Waals surface area contributed by atoms with Gasteiger partial charge in [0.25, 0.3) is 0 Å². The van der Waals surface area contributed by atoms with Gasteiger partial charge in [0.1, 0.15) is 0 Å². The molecule has 1 saturated heterocycles. The zero-order valence-electron chi connectivity index (χ0n) is 17.7. The van der Waals surface area contributed by atoms with Crippen molar-refractivity contribution in [3.05, 3.63) is 71.3 Å². The second-order valence-electron chi connectivity index (χ2n) is 7.67. The van der Waals surface area contributed by atoms with Gasteiger partial charge in [0, 0.05) is 32.2 Å². The lowest BCUT2D eigenvalue weighted by molar-refractivity contribution is -0.137. The maximum Gasteiger partial charge on any atom is 0.416 e. The summed E-state index contributed by atoms with van der Waals surface area (Å²) in [5, 5.41) is 6.69. The number of hydrogen-bond donors (Lipinski definition) is 2. The minimum absolute atomic E-state index is 0. The molecule has 0 saturated carbocycles. The summed E-state index contributed by atoms with van der Waals surface area (Å²) in [4.78, 5) is 4.30. The Morgan fingerprint density at radius 3 is 2.39 bits per heavy atom. The quantitative estimate of drug-likeness (QED) is 0.304. The third kappa shape index (κ3) is 6.58. The van der Waals surface area contributed by atoms with Crippen molar-refractivity contribution in [2.24, 2.45) is 4.99 Å². The summed E-state index contributed by atoms with van der Waals surface area (Å²) >= 11 is 0. The first-order valence-electron chi connectivity index (χ1n) is 10.1. The SMILES string of the molecule is CN=C(NCC1(c2cccc(C(F)(F)F)c2)CCOCC1)NC(C)c1ccccc1.I. The van der Waals surface area contributed by atoms with Crippen LogP contribution in [0, 0.1) is 0 Å². The molecule has 1 aliphatic rings. The molecule has 0 bridgehead atoms. The fraction of sp³-hybridized carbons (Fsp3) is 0.435. The lowest BCUT2D eigenvalue weighted by Crippen LogP contribution is -2.48. The Morgan fingerprint density at radius 1 is 1.10 bits per heavy atom. The zero-order chi connectivity index (χ0) is 21.6. The van der Waals surface area contributed by atoms with Gasteiger partial charge < -0.3 is 15.4 Å². The summed E-state index contributed by atoms with van der Waals surface area (Å²) in [7, 11) is 1.69. The highest BCUT2D eigenvalue weighted by atomic mass is 127. The molecule has 1 atom stereocenters. The molecule has 1 heterocycles. The van der Waals surface area contributed by atoms with Crippen molar-refractivity contribution >= 4 is 29.9 Å². The van der Waals surface area contributed by atoms with Crippen LogP contribution in [-0.2, 0) is 16.3 Å². The summed E-state index contributed by atoms with van der Waals surface area (Å²) < 4.78 is 45.3. The number of guanidine groups is 1. The first-order chi connectivity index (χ1) is 14.3. The minimum Gasteiger partial charge on any atom is -0.381 e. The molecule has 0 spiro atoms. The molecule has 0 aromatic heterocycles. The molecular weight excluding hydrogens is 518 g/mol. The molecule has 8 heteroatoms. The van der Waals surface area contributed by atoms with E-state index >= 15 is 0 Å². The molecular formula is C23H29F3IN3O. The Hall–Kier alpha value is -1.81. The number of nitrogens with zero attached hydrogens (tertiary/aromatic N) is 1. The van der Waals surface area contributed by atoms with E-state index in [0.29, 0.717) is 44.1 Å². The molecule has 31 heavy (non-hydrogen) atoms. The van der Waals surface area contributed by atoms with E-state index in [2.05, 4.69) is 15.6 Å². The smallest absolute Gasteiger partial charge is 0.381 e. The third-order valence-corrected chi connectivity index (χ3v) is 5.72. The Bertz CT molecular complexity index is 853. The van der Waals surface area contributed by atoms with Gasteiger partial charge in [-0.3, -0.25) is 4.99 Å². The van der Waals surface area contributed by atoms with Crippen LogP contribution in [-0.4, -0.2) is 32.8 Å².